The zero-order chi connectivity index (χ0) is 19.0. The molecular weight excluding hydrogens is 342 g/mol. The quantitative estimate of drug-likeness (QED) is 0.520. The number of carbonyl (C=O) groups excluding carboxylic acids is 2. The highest BCUT2D eigenvalue weighted by Crippen LogP contribution is 2.57. The van der Waals surface area contributed by atoms with Crippen molar-refractivity contribution in [3.8, 4) is 0 Å². The van der Waals surface area contributed by atoms with Crippen LogP contribution in [0.25, 0.3) is 0 Å². The van der Waals surface area contributed by atoms with E-state index in [0.717, 1.165) is 43.5 Å². The minimum absolute atomic E-state index is 0.0620. The molecule has 1 aliphatic heterocycles. The van der Waals surface area contributed by atoms with Crippen molar-refractivity contribution in [3.63, 3.8) is 0 Å². The third-order valence-corrected chi connectivity index (χ3v) is 7.27. The third-order valence-electron chi connectivity index (χ3n) is 7.27. The van der Waals surface area contributed by atoms with Gasteiger partial charge in [0.25, 0.3) is 0 Å². The van der Waals surface area contributed by atoms with Crippen LogP contribution in [0.3, 0.4) is 0 Å². The van der Waals surface area contributed by atoms with Gasteiger partial charge < -0.3 is 14.0 Å². The molecule has 1 aromatic carbocycles. The average Bonchev–Trinajstić information content (AvgIpc) is 3.30. The van der Waals surface area contributed by atoms with Crippen molar-refractivity contribution in [1.82, 2.24) is 0 Å². The van der Waals surface area contributed by atoms with E-state index in [9.17, 15) is 9.59 Å². The van der Waals surface area contributed by atoms with E-state index in [2.05, 4.69) is 38.1 Å². The number of carbonyl (C=O) groups is 2. The molecule has 4 rings (SSSR count). The fraction of sp³-hybridized carbons (Fsp3) is 0.636. The van der Waals surface area contributed by atoms with Crippen LogP contribution in [0.4, 0.5) is 0 Å². The van der Waals surface area contributed by atoms with E-state index < -0.39 is 0 Å². The van der Waals surface area contributed by atoms with Crippen molar-refractivity contribution < 1.29 is 23.5 Å². The van der Waals surface area contributed by atoms with Gasteiger partial charge in [-0.25, -0.2) is 0 Å². The largest absolute Gasteiger partial charge is 0.462 e. The Kier molecular flexibility index (Phi) is 4.97. The van der Waals surface area contributed by atoms with Crippen molar-refractivity contribution >= 4 is 11.9 Å². The number of likely N-dealkylation sites (N-methyl/N-ethyl adjacent to an activating group) is 1. The van der Waals surface area contributed by atoms with Crippen molar-refractivity contribution in [2.75, 3.05) is 26.2 Å². The second-order valence-electron chi connectivity index (χ2n) is 8.43. The number of nitrogens with zero attached hydrogens (tertiary/aromatic N) is 1. The number of quaternary nitrogens is 1. The van der Waals surface area contributed by atoms with Crippen molar-refractivity contribution in [1.29, 1.82) is 0 Å². The Hall–Kier alpha value is -1.88. The summed E-state index contributed by atoms with van der Waals surface area (Å²) in [6, 6.07) is 10.5. The molecule has 2 aliphatic carbocycles. The Labute approximate surface area is 161 Å². The summed E-state index contributed by atoms with van der Waals surface area (Å²) in [5.74, 6) is -0.370. The summed E-state index contributed by atoms with van der Waals surface area (Å²) < 4.78 is 12.0. The van der Waals surface area contributed by atoms with Crippen molar-refractivity contribution in [2.24, 2.45) is 23.7 Å². The number of ether oxygens (including phenoxy) is 2. The fourth-order valence-corrected chi connectivity index (χ4v) is 5.57. The van der Waals surface area contributed by atoms with Gasteiger partial charge >= 0.3 is 11.9 Å². The topological polar surface area (TPSA) is 52.6 Å². The molecule has 2 saturated carbocycles. The van der Waals surface area contributed by atoms with E-state index in [0.29, 0.717) is 6.61 Å². The molecule has 1 heterocycles. The van der Waals surface area contributed by atoms with Crippen LogP contribution in [0.5, 0.6) is 0 Å². The number of fused-ring (bicyclic) bond motifs is 1. The van der Waals surface area contributed by atoms with Gasteiger partial charge in [-0.1, -0.05) is 30.3 Å². The first-order valence-corrected chi connectivity index (χ1v) is 10.3. The van der Waals surface area contributed by atoms with Gasteiger partial charge in [0.2, 0.25) is 0 Å². The van der Waals surface area contributed by atoms with Gasteiger partial charge in [-0.2, -0.15) is 0 Å². The van der Waals surface area contributed by atoms with Gasteiger partial charge in [-0.3, -0.25) is 9.59 Å². The van der Waals surface area contributed by atoms with Gasteiger partial charge in [0, 0.05) is 11.5 Å². The van der Waals surface area contributed by atoms with Crippen LogP contribution in [0.1, 0.15) is 32.3 Å². The summed E-state index contributed by atoms with van der Waals surface area (Å²) in [6.07, 6.45) is 1.84. The minimum Gasteiger partial charge on any atom is -0.462 e. The lowest BCUT2D eigenvalue weighted by Gasteiger charge is -2.37. The molecule has 2 bridgehead atoms. The summed E-state index contributed by atoms with van der Waals surface area (Å²) in [5.41, 5.74) is 1.31. The maximum atomic E-state index is 12.8. The Morgan fingerprint density at radius 3 is 2.63 bits per heavy atom. The average molecular weight is 372 g/mol. The molecule has 0 unspecified atom stereocenters. The number of hydrogen-bond acceptors (Lipinski definition) is 4. The molecule has 5 heteroatoms. The lowest BCUT2D eigenvalue weighted by Crippen LogP contribution is -2.49. The Morgan fingerprint density at radius 1 is 1.19 bits per heavy atom. The van der Waals surface area contributed by atoms with Crippen LogP contribution in [0, 0.1) is 23.7 Å². The lowest BCUT2D eigenvalue weighted by molar-refractivity contribution is -0.937. The van der Waals surface area contributed by atoms with E-state index in [1.807, 2.05) is 6.07 Å². The molecule has 5 atom stereocenters. The van der Waals surface area contributed by atoms with Crippen LogP contribution in [-0.2, 0) is 25.6 Å². The summed E-state index contributed by atoms with van der Waals surface area (Å²) in [7, 11) is 0. The number of benzene rings is 1. The number of rotatable bonds is 8. The summed E-state index contributed by atoms with van der Waals surface area (Å²) in [4.78, 5) is 24.9. The Balaban J connectivity index is 1.35. The van der Waals surface area contributed by atoms with Crippen LogP contribution in [-0.4, -0.2) is 48.8 Å². The molecule has 0 radical (unpaired) electrons. The lowest BCUT2D eigenvalue weighted by atomic mass is 9.80. The van der Waals surface area contributed by atoms with Crippen molar-refractivity contribution in [3.05, 3.63) is 35.9 Å². The first-order chi connectivity index (χ1) is 13.1. The SMILES string of the molecule is CC[N+](CC)(CCOC(=O)[C@@H]1[C@@H]2C[C@@H]3[C@@H]1C(=O)O[C@@H]3C2)Cc1ccccc1. The molecule has 1 saturated heterocycles. The van der Waals surface area contributed by atoms with E-state index in [1.165, 1.54) is 5.56 Å². The highest BCUT2D eigenvalue weighted by molar-refractivity contribution is 5.85. The van der Waals surface area contributed by atoms with Crippen LogP contribution < -0.4 is 0 Å². The normalized spacial score (nSPS) is 31.2. The second kappa shape index (κ2) is 7.27. The highest BCUT2D eigenvalue weighted by atomic mass is 16.6. The van der Waals surface area contributed by atoms with Gasteiger partial charge in [0.05, 0.1) is 24.9 Å². The maximum absolute atomic E-state index is 12.8. The van der Waals surface area contributed by atoms with Crippen LogP contribution >= 0.6 is 0 Å². The van der Waals surface area contributed by atoms with Crippen LogP contribution in [0.2, 0.25) is 0 Å². The van der Waals surface area contributed by atoms with Gasteiger partial charge in [-0.15, -0.1) is 0 Å². The molecule has 5 nitrogen and oxygen atoms in total. The van der Waals surface area contributed by atoms with Gasteiger partial charge in [-0.05, 0) is 32.6 Å². The third kappa shape index (κ3) is 3.27. The minimum atomic E-state index is -0.277. The fourth-order valence-electron chi connectivity index (χ4n) is 5.57. The molecule has 3 aliphatic rings. The maximum Gasteiger partial charge on any atom is 0.310 e. The zero-order valence-corrected chi connectivity index (χ0v) is 16.3. The highest BCUT2D eigenvalue weighted by Gasteiger charge is 2.64. The molecule has 0 spiro atoms. The predicted molar refractivity (Wildman–Crippen MR) is 100 cm³/mol. The summed E-state index contributed by atoms with van der Waals surface area (Å²) in [5, 5.41) is 0. The first kappa shape index (κ1) is 18.5. The van der Waals surface area contributed by atoms with E-state index >= 15 is 0 Å². The molecule has 3 fully saturated rings. The standard InChI is InChI=1S/C22H30NO4/c1-3-23(4-2,14-15-8-6-5-7-9-15)10-11-26-21(24)19-16-12-17-18(13-16)27-22(25)20(17)19/h5-9,16-20H,3-4,10-14H2,1-2H3/q+1/t16-,17+,18-,19-,20+/m1/s1. The van der Waals surface area contributed by atoms with Crippen LogP contribution in [0.15, 0.2) is 30.3 Å². The Morgan fingerprint density at radius 2 is 1.93 bits per heavy atom. The first-order valence-electron chi connectivity index (χ1n) is 10.3. The zero-order valence-electron chi connectivity index (χ0n) is 16.3. The van der Waals surface area contributed by atoms with Crippen molar-refractivity contribution in [2.45, 2.75) is 39.3 Å². The van der Waals surface area contributed by atoms with Gasteiger partial charge in [0.15, 0.2) is 0 Å². The van der Waals surface area contributed by atoms with E-state index in [-0.39, 0.29) is 41.7 Å². The molecule has 0 N–H and O–H groups in total. The predicted octanol–water partition coefficient (Wildman–Crippen LogP) is 2.78. The molecule has 146 valence electrons. The smallest absolute Gasteiger partial charge is 0.310 e. The molecule has 27 heavy (non-hydrogen) atoms. The van der Waals surface area contributed by atoms with E-state index in [1.54, 1.807) is 0 Å². The molecular formula is C22H30NO4+. The Bertz CT molecular complexity index is 698. The number of hydrogen-bond donors (Lipinski definition) is 0. The second-order valence-corrected chi connectivity index (χ2v) is 8.43. The molecule has 0 aromatic heterocycles. The van der Waals surface area contributed by atoms with Gasteiger partial charge in [0.1, 0.15) is 25.8 Å². The summed E-state index contributed by atoms with van der Waals surface area (Å²) in [6.45, 7) is 8.52. The summed E-state index contributed by atoms with van der Waals surface area (Å²) >= 11 is 0. The molecule has 0 amide bonds. The monoisotopic (exact) mass is 372 g/mol. The molecule has 1 aromatic rings. The van der Waals surface area contributed by atoms with E-state index in [4.69, 9.17) is 9.47 Å². The number of esters is 2.